The molecule has 108 valence electrons. The number of carboxylic acid groups (broad SMARTS) is 1. The largest absolute Gasteiger partial charge is 0.478 e. The van der Waals surface area contributed by atoms with Crippen molar-refractivity contribution in [3.05, 3.63) is 53.3 Å². The summed E-state index contributed by atoms with van der Waals surface area (Å²) < 4.78 is 0. The number of amides is 1. The Morgan fingerprint density at radius 1 is 1.24 bits per heavy atom. The lowest BCUT2D eigenvalue weighted by Gasteiger charge is -2.19. The molecule has 0 aliphatic rings. The summed E-state index contributed by atoms with van der Waals surface area (Å²) in [7, 11) is 1.50. The number of hydrogen-bond donors (Lipinski definition) is 2. The van der Waals surface area contributed by atoms with Crippen LogP contribution < -0.4 is 10.6 Å². The van der Waals surface area contributed by atoms with Gasteiger partial charge in [-0.15, -0.1) is 0 Å². The number of carboxylic acids is 1. The van der Waals surface area contributed by atoms with Gasteiger partial charge in [0.05, 0.1) is 11.3 Å². The summed E-state index contributed by atoms with van der Waals surface area (Å²) in [5.41, 5.74) is 7.13. The molecule has 0 spiro atoms. The molecule has 0 saturated heterocycles. The third-order valence-corrected chi connectivity index (χ3v) is 3.02. The minimum absolute atomic E-state index is 0.0292. The van der Waals surface area contributed by atoms with Crippen LogP contribution in [0.4, 0.5) is 11.4 Å². The molecule has 1 aromatic heterocycles. The molecule has 6 nitrogen and oxygen atoms in total. The fourth-order valence-corrected chi connectivity index (χ4v) is 1.96. The zero-order valence-electron chi connectivity index (χ0n) is 11.7. The highest BCUT2D eigenvalue weighted by Gasteiger charge is 2.20. The summed E-state index contributed by atoms with van der Waals surface area (Å²) in [6, 6.07) is 9.48. The number of nitrogens with two attached hydrogens (primary N) is 1. The van der Waals surface area contributed by atoms with Gasteiger partial charge < -0.3 is 15.7 Å². The molecule has 6 heteroatoms. The normalized spacial score (nSPS) is 10.2. The average Bonchev–Trinajstić information content (AvgIpc) is 2.45. The number of nitrogens with zero attached hydrogens (tertiary/aromatic N) is 2. The second-order valence-corrected chi connectivity index (χ2v) is 4.61. The molecule has 0 unspecified atom stereocenters. The monoisotopic (exact) mass is 285 g/mol. The molecular formula is C15H15N3O3. The van der Waals surface area contributed by atoms with Crippen LogP contribution in [0.15, 0.2) is 36.4 Å². The molecule has 1 aromatic carbocycles. The molecule has 1 amide bonds. The number of anilines is 2. The second-order valence-electron chi connectivity index (χ2n) is 4.61. The van der Waals surface area contributed by atoms with Crippen LogP contribution in [0, 0.1) is 6.92 Å². The maximum absolute atomic E-state index is 12.4. The number of carbonyl (C=O) groups excluding carboxylic acids is 1. The Morgan fingerprint density at radius 2 is 1.95 bits per heavy atom. The van der Waals surface area contributed by atoms with E-state index in [-0.39, 0.29) is 22.9 Å². The predicted molar refractivity (Wildman–Crippen MR) is 79.5 cm³/mol. The Bertz CT molecular complexity index is 713. The number of aryl methyl sites for hydroxylation is 1. The lowest BCUT2D eigenvalue weighted by molar-refractivity contribution is 0.0698. The van der Waals surface area contributed by atoms with Crippen molar-refractivity contribution in [2.24, 2.45) is 0 Å². The number of benzene rings is 1. The fraction of sp³-hybridized carbons (Fsp3) is 0.133. The van der Waals surface area contributed by atoms with Crippen molar-refractivity contribution in [1.29, 1.82) is 0 Å². The van der Waals surface area contributed by atoms with Crippen LogP contribution in [0.25, 0.3) is 0 Å². The average molecular weight is 285 g/mol. The number of rotatable bonds is 3. The summed E-state index contributed by atoms with van der Waals surface area (Å²) in [4.78, 5) is 29.1. The molecule has 21 heavy (non-hydrogen) atoms. The van der Waals surface area contributed by atoms with Crippen LogP contribution in [0.2, 0.25) is 0 Å². The summed E-state index contributed by atoms with van der Waals surface area (Å²) in [5, 5.41) is 9.23. The predicted octanol–water partition coefficient (Wildman–Crippen LogP) is 1.95. The topological polar surface area (TPSA) is 96.5 Å². The molecular weight excluding hydrogens is 270 g/mol. The smallest absolute Gasteiger partial charge is 0.337 e. The SMILES string of the molecule is Cc1cccc(C(=O)N(C)c2ccc(N)cc2C(=O)O)n1. The van der Waals surface area contributed by atoms with E-state index in [0.717, 1.165) is 0 Å². The van der Waals surface area contributed by atoms with Gasteiger partial charge in [-0.05, 0) is 37.3 Å². The number of nitrogen functional groups attached to an aromatic ring is 1. The third kappa shape index (κ3) is 3.00. The lowest BCUT2D eigenvalue weighted by atomic mass is 10.1. The number of carbonyl (C=O) groups is 2. The second kappa shape index (κ2) is 5.62. The Morgan fingerprint density at radius 3 is 2.57 bits per heavy atom. The Kier molecular flexibility index (Phi) is 3.89. The van der Waals surface area contributed by atoms with Crippen molar-refractivity contribution in [2.75, 3.05) is 17.7 Å². The first kappa shape index (κ1) is 14.5. The van der Waals surface area contributed by atoms with Gasteiger partial charge in [-0.1, -0.05) is 6.07 Å². The minimum Gasteiger partial charge on any atom is -0.478 e. The van der Waals surface area contributed by atoms with Gasteiger partial charge in [-0.2, -0.15) is 0 Å². The zero-order valence-corrected chi connectivity index (χ0v) is 11.7. The molecule has 1 heterocycles. The molecule has 3 N–H and O–H groups in total. The lowest BCUT2D eigenvalue weighted by Crippen LogP contribution is -2.28. The van der Waals surface area contributed by atoms with Crippen LogP contribution in [0.1, 0.15) is 26.5 Å². The molecule has 0 fully saturated rings. The fourth-order valence-electron chi connectivity index (χ4n) is 1.96. The highest BCUT2D eigenvalue weighted by Crippen LogP contribution is 2.23. The van der Waals surface area contributed by atoms with Gasteiger partial charge in [0.1, 0.15) is 5.69 Å². The molecule has 2 rings (SSSR count). The first-order valence-electron chi connectivity index (χ1n) is 6.24. The molecule has 0 aliphatic carbocycles. The van der Waals surface area contributed by atoms with E-state index in [1.54, 1.807) is 31.2 Å². The van der Waals surface area contributed by atoms with E-state index in [2.05, 4.69) is 4.98 Å². The van der Waals surface area contributed by atoms with Crippen LogP contribution >= 0.6 is 0 Å². The van der Waals surface area contributed by atoms with Crippen LogP contribution in [0.3, 0.4) is 0 Å². The maximum Gasteiger partial charge on any atom is 0.337 e. The third-order valence-electron chi connectivity index (χ3n) is 3.02. The van der Waals surface area contributed by atoms with E-state index >= 15 is 0 Å². The molecule has 0 radical (unpaired) electrons. The van der Waals surface area contributed by atoms with Gasteiger partial charge in [-0.25, -0.2) is 9.78 Å². The number of pyridine rings is 1. The van der Waals surface area contributed by atoms with Crippen molar-refractivity contribution < 1.29 is 14.7 Å². The van der Waals surface area contributed by atoms with Gasteiger partial charge in [0.2, 0.25) is 0 Å². The van der Waals surface area contributed by atoms with E-state index in [1.807, 2.05) is 0 Å². The van der Waals surface area contributed by atoms with Crippen molar-refractivity contribution in [1.82, 2.24) is 4.98 Å². The van der Waals surface area contributed by atoms with E-state index in [1.165, 1.54) is 24.1 Å². The first-order valence-corrected chi connectivity index (χ1v) is 6.24. The molecule has 0 aliphatic heterocycles. The maximum atomic E-state index is 12.4. The van der Waals surface area contributed by atoms with Crippen LogP contribution in [0.5, 0.6) is 0 Å². The number of aromatic nitrogens is 1. The van der Waals surface area contributed by atoms with Gasteiger partial charge >= 0.3 is 5.97 Å². The van der Waals surface area contributed by atoms with Gasteiger partial charge in [0, 0.05) is 18.4 Å². The Labute approximate surface area is 121 Å². The van der Waals surface area contributed by atoms with Crippen molar-refractivity contribution >= 4 is 23.3 Å². The van der Waals surface area contributed by atoms with E-state index in [0.29, 0.717) is 11.4 Å². The quantitative estimate of drug-likeness (QED) is 0.840. The summed E-state index contributed by atoms with van der Waals surface area (Å²) in [6.07, 6.45) is 0. The van der Waals surface area contributed by atoms with Gasteiger partial charge in [0.15, 0.2) is 0 Å². The molecule has 0 atom stereocenters. The Hall–Kier alpha value is -2.89. The van der Waals surface area contributed by atoms with E-state index in [9.17, 15) is 14.7 Å². The van der Waals surface area contributed by atoms with E-state index < -0.39 is 5.97 Å². The van der Waals surface area contributed by atoms with Gasteiger partial charge in [0.25, 0.3) is 5.91 Å². The molecule has 2 aromatic rings. The Balaban J connectivity index is 2.42. The highest BCUT2D eigenvalue weighted by atomic mass is 16.4. The van der Waals surface area contributed by atoms with E-state index in [4.69, 9.17) is 5.73 Å². The summed E-state index contributed by atoms with van der Waals surface area (Å²) in [5.74, 6) is -1.53. The van der Waals surface area contributed by atoms with Crippen LogP contribution in [-0.4, -0.2) is 29.0 Å². The number of aromatic carboxylic acids is 1. The van der Waals surface area contributed by atoms with Crippen LogP contribution in [-0.2, 0) is 0 Å². The van der Waals surface area contributed by atoms with Crippen molar-refractivity contribution in [3.8, 4) is 0 Å². The van der Waals surface area contributed by atoms with Crippen molar-refractivity contribution in [3.63, 3.8) is 0 Å². The number of hydrogen-bond acceptors (Lipinski definition) is 4. The van der Waals surface area contributed by atoms with Crippen molar-refractivity contribution in [2.45, 2.75) is 6.92 Å². The minimum atomic E-state index is -1.14. The standard InChI is InChI=1S/C15H15N3O3/c1-9-4-3-5-12(17-9)14(19)18(2)13-7-6-10(16)8-11(13)15(20)21/h3-8H,16H2,1-2H3,(H,20,21). The first-order chi connectivity index (χ1) is 9.90. The zero-order chi connectivity index (χ0) is 15.6. The van der Waals surface area contributed by atoms with Gasteiger partial charge in [-0.3, -0.25) is 4.79 Å². The molecule has 0 bridgehead atoms. The highest BCUT2D eigenvalue weighted by molar-refractivity contribution is 6.08. The summed E-state index contributed by atoms with van der Waals surface area (Å²) in [6.45, 7) is 1.78. The molecule has 0 saturated carbocycles. The summed E-state index contributed by atoms with van der Waals surface area (Å²) >= 11 is 0.